The molecule has 0 spiro atoms. The van der Waals surface area contributed by atoms with Crippen molar-refractivity contribution in [2.75, 3.05) is 20.2 Å². The number of benzene rings is 1. The van der Waals surface area contributed by atoms with Gasteiger partial charge in [0.2, 0.25) is 11.8 Å². The molecule has 0 fully saturated rings. The summed E-state index contributed by atoms with van der Waals surface area (Å²) in [5.41, 5.74) is 1.02. The Morgan fingerprint density at radius 1 is 1.16 bits per heavy atom. The monoisotopic (exact) mass is 264 g/mol. The van der Waals surface area contributed by atoms with Crippen LogP contribution in [0.1, 0.15) is 18.9 Å². The van der Waals surface area contributed by atoms with Crippen LogP contribution in [-0.2, 0) is 16.0 Å². The van der Waals surface area contributed by atoms with Crippen LogP contribution in [-0.4, -0.2) is 32.0 Å². The minimum atomic E-state index is -0.0942. The van der Waals surface area contributed by atoms with Crippen molar-refractivity contribution in [2.45, 2.75) is 19.8 Å². The van der Waals surface area contributed by atoms with Gasteiger partial charge in [0, 0.05) is 26.4 Å². The summed E-state index contributed by atoms with van der Waals surface area (Å²) in [7, 11) is 1.62. The van der Waals surface area contributed by atoms with Crippen LogP contribution in [0.25, 0.3) is 0 Å². The Bertz CT molecular complexity index is 432. The van der Waals surface area contributed by atoms with Crippen LogP contribution in [0.15, 0.2) is 24.3 Å². The predicted molar refractivity (Wildman–Crippen MR) is 73.0 cm³/mol. The second kappa shape index (κ2) is 8.13. The molecule has 19 heavy (non-hydrogen) atoms. The minimum Gasteiger partial charge on any atom is -0.496 e. The van der Waals surface area contributed by atoms with Crippen LogP contribution in [0.2, 0.25) is 0 Å². The summed E-state index contributed by atoms with van der Waals surface area (Å²) in [6, 6.07) is 7.65. The van der Waals surface area contributed by atoms with Gasteiger partial charge in [0.05, 0.1) is 7.11 Å². The first-order valence-corrected chi connectivity index (χ1v) is 6.26. The average molecular weight is 264 g/mol. The second-order valence-electron chi connectivity index (χ2n) is 4.14. The van der Waals surface area contributed by atoms with E-state index in [1.165, 1.54) is 6.92 Å². The van der Waals surface area contributed by atoms with Crippen LogP contribution in [0.4, 0.5) is 0 Å². The molecule has 104 valence electrons. The lowest BCUT2D eigenvalue weighted by Gasteiger charge is -2.08. The molecule has 1 rings (SSSR count). The third kappa shape index (κ3) is 5.90. The number of para-hydroxylation sites is 1. The van der Waals surface area contributed by atoms with Crippen LogP contribution < -0.4 is 15.4 Å². The number of aryl methyl sites for hydroxylation is 1. The SMILES string of the molecule is COc1ccccc1CCC(=O)NCCNC(C)=O. The van der Waals surface area contributed by atoms with E-state index in [4.69, 9.17) is 4.74 Å². The highest BCUT2D eigenvalue weighted by Crippen LogP contribution is 2.18. The van der Waals surface area contributed by atoms with Crippen molar-refractivity contribution in [1.29, 1.82) is 0 Å². The Labute approximate surface area is 113 Å². The first-order valence-electron chi connectivity index (χ1n) is 6.26. The summed E-state index contributed by atoms with van der Waals surface area (Å²) >= 11 is 0. The van der Waals surface area contributed by atoms with Gasteiger partial charge in [-0.25, -0.2) is 0 Å². The van der Waals surface area contributed by atoms with E-state index in [9.17, 15) is 9.59 Å². The molecule has 0 aromatic heterocycles. The van der Waals surface area contributed by atoms with Crippen LogP contribution in [0, 0.1) is 0 Å². The Morgan fingerprint density at radius 3 is 2.53 bits per heavy atom. The van der Waals surface area contributed by atoms with E-state index in [0.29, 0.717) is 25.9 Å². The fourth-order valence-corrected chi connectivity index (χ4v) is 1.69. The van der Waals surface area contributed by atoms with Crippen molar-refractivity contribution in [3.8, 4) is 5.75 Å². The van der Waals surface area contributed by atoms with Crippen molar-refractivity contribution in [3.63, 3.8) is 0 Å². The van der Waals surface area contributed by atoms with Gasteiger partial charge in [0.25, 0.3) is 0 Å². The standard InChI is InChI=1S/C14H20N2O3/c1-11(17)15-9-10-16-14(18)8-7-12-5-3-4-6-13(12)19-2/h3-6H,7-10H2,1-2H3,(H,15,17)(H,16,18). The smallest absolute Gasteiger partial charge is 0.220 e. The fourth-order valence-electron chi connectivity index (χ4n) is 1.69. The number of hydrogen-bond acceptors (Lipinski definition) is 3. The highest BCUT2D eigenvalue weighted by molar-refractivity contribution is 5.76. The maximum Gasteiger partial charge on any atom is 0.220 e. The van der Waals surface area contributed by atoms with Gasteiger partial charge in [-0.1, -0.05) is 18.2 Å². The van der Waals surface area contributed by atoms with E-state index in [1.807, 2.05) is 24.3 Å². The molecule has 2 amide bonds. The van der Waals surface area contributed by atoms with Gasteiger partial charge in [-0.3, -0.25) is 9.59 Å². The first-order chi connectivity index (χ1) is 9.13. The van der Waals surface area contributed by atoms with Crippen LogP contribution in [0.5, 0.6) is 5.75 Å². The van der Waals surface area contributed by atoms with Crippen molar-refractivity contribution in [2.24, 2.45) is 0 Å². The van der Waals surface area contributed by atoms with Gasteiger partial charge in [0.15, 0.2) is 0 Å². The van der Waals surface area contributed by atoms with Gasteiger partial charge >= 0.3 is 0 Å². The number of methoxy groups -OCH3 is 1. The Kier molecular flexibility index (Phi) is 6.43. The molecule has 0 radical (unpaired) electrons. The number of carbonyl (C=O) groups excluding carboxylic acids is 2. The molecule has 0 aliphatic rings. The summed E-state index contributed by atoms with van der Waals surface area (Å²) in [5.74, 6) is 0.674. The van der Waals surface area contributed by atoms with E-state index in [-0.39, 0.29) is 11.8 Å². The lowest BCUT2D eigenvalue weighted by atomic mass is 10.1. The lowest BCUT2D eigenvalue weighted by molar-refractivity contribution is -0.122. The number of amides is 2. The molecule has 0 aliphatic carbocycles. The minimum absolute atomic E-state index is 0.0312. The number of hydrogen-bond donors (Lipinski definition) is 2. The molecule has 1 aromatic rings. The third-order valence-electron chi connectivity index (χ3n) is 2.64. The summed E-state index contributed by atoms with van der Waals surface area (Å²) in [5, 5.41) is 5.37. The molecule has 5 nitrogen and oxygen atoms in total. The molecule has 0 saturated carbocycles. The van der Waals surface area contributed by atoms with Crippen molar-refractivity contribution in [1.82, 2.24) is 10.6 Å². The molecule has 0 saturated heterocycles. The zero-order chi connectivity index (χ0) is 14.1. The number of ether oxygens (including phenoxy) is 1. The molecular formula is C14H20N2O3. The van der Waals surface area contributed by atoms with Gasteiger partial charge < -0.3 is 15.4 Å². The number of rotatable bonds is 7. The Hall–Kier alpha value is -2.04. The maximum absolute atomic E-state index is 11.6. The average Bonchev–Trinajstić information content (AvgIpc) is 2.41. The third-order valence-corrected chi connectivity index (χ3v) is 2.64. The Balaban J connectivity index is 2.28. The molecule has 0 aliphatic heterocycles. The summed E-state index contributed by atoms with van der Waals surface area (Å²) in [6.07, 6.45) is 1.04. The maximum atomic E-state index is 11.6. The molecule has 0 atom stereocenters. The summed E-state index contributed by atoms with van der Waals surface area (Å²) in [4.78, 5) is 22.2. The zero-order valence-electron chi connectivity index (χ0n) is 11.4. The molecular weight excluding hydrogens is 244 g/mol. The molecule has 0 unspecified atom stereocenters. The largest absolute Gasteiger partial charge is 0.496 e. The molecule has 0 heterocycles. The van der Waals surface area contributed by atoms with Gasteiger partial charge in [-0.05, 0) is 18.1 Å². The molecule has 2 N–H and O–H groups in total. The van der Waals surface area contributed by atoms with E-state index in [2.05, 4.69) is 10.6 Å². The Morgan fingerprint density at radius 2 is 1.84 bits per heavy atom. The molecule has 0 bridgehead atoms. The van der Waals surface area contributed by atoms with Gasteiger partial charge in [0.1, 0.15) is 5.75 Å². The zero-order valence-corrected chi connectivity index (χ0v) is 11.4. The van der Waals surface area contributed by atoms with Crippen molar-refractivity contribution < 1.29 is 14.3 Å². The fraction of sp³-hybridized carbons (Fsp3) is 0.429. The van der Waals surface area contributed by atoms with E-state index in [1.54, 1.807) is 7.11 Å². The topological polar surface area (TPSA) is 67.4 Å². The van der Waals surface area contributed by atoms with Crippen LogP contribution in [0.3, 0.4) is 0 Å². The van der Waals surface area contributed by atoms with Crippen molar-refractivity contribution >= 4 is 11.8 Å². The number of carbonyl (C=O) groups is 2. The lowest BCUT2D eigenvalue weighted by Crippen LogP contribution is -2.33. The van der Waals surface area contributed by atoms with Crippen molar-refractivity contribution in [3.05, 3.63) is 29.8 Å². The van der Waals surface area contributed by atoms with E-state index >= 15 is 0 Å². The van der Waals surface area contributed by atoms with E-state index < -0.39 is 0 Å². The van der Waals surface area contributed by atoms with Crippen LogP contribution >= 0.6 is 0 Å². The normalized spacial score (nSPS) is 9.79. The summed E-state index contributed by atoms with van der Waals surface area (Å²) in [6.45, 7) is 2.35. The highest BCUT2D eigenvalue weighted by Gasteiger charge is 2.05. The van der Waals surface area contributed by atoms with Gasteiger partial charge in [-0.15, -0.1) is 0 Å². The quantitative estimate of drug-likeness (QED) is 0.718. The first kappa shape index (κ1) is 15.0. The van der Waals surface area contributed by atoms with Gasteiger partial charge in [-0.2, -0.15) is 0 Å². The number of nitrogens with one attached hydrogen (secondary N) is 2. The summed E-state index contributed by atoms with van der Waals surface area (Å²) < 4.78 is 5.22. The predicted octanol–water partition coefficient (Wildman–Crippen LogP) is 0.880. The second-order valence-corrected chi connectivity index (χ2v) is 4.14. The van der Waals surface area contributed by atoms with E-state index in [0.717, 1.165) is 11.3 Å². The molecule has 1 aromatic carbocycles. The highest BCUT2D eigenvalue weighted by atomic mass is 16.5. The molecule has 5 heteroatoms.